The van der Waals surface area contributed by atoms with Gasteiger partial charge in [0, 0.05) is 47.0 Å². The van der Waals surface area contributed by atoms with E-state index in [2.05, 4.69) is 33.7 Å². The molecule has 150 valence electrons. The van der Waals surface area contributed by atoms with Crippen molar-refractivity contribution in [2.75, 3.05) is 19.3 Å². The second-order valence-electron chi connectivity index (χ2n) is 6.98. The van der Waals surface area contributed by atoms with Crippen molar-refractivity contribution < 1.29 is 13.2 Å². The molecule has 3 aromatic rings. The maximum absolute atomic E-state index is 12.5. The fourth-order valence-electron chi connectivity index (χ4n) is 3.52. The van der Waals surface area contributed by atoms with E-state index in [0.29, 0.717) is 18.7 Å². The minimum atomic E-state index is -3.12. The first kappa shape index (κ1) is 20.4. The zero-order valence-electron chi connectivity index (χ0n) is 16.4. The van der Waals surface area contributed by atoms with Crippen LogP contribution in [0.3, 0.4) is 0 Å². The number of sulfonamides is 1. The van der Waals surface area contributed by atoms with E-state index in [9.17, 15) is 13.2 Å². The number of nitrogens with zero attached hydrogens (tertiary/aromatic N) is 1. The summed E-state index contributed by atoms with van der Waals surface area (Å²) in [4.78, 5) is 12.5. The number of hydrogen-bond donors (Lipinski definition) is 2. The van der Waals surface area contributed by atoms with Crippen LogP contribution in [0.1, 0.15) is 36.5 Å². The van der Waals surface area contributed by atoms with Crippen LogP contribution in [0, 0.1) is 0 Å². The first-order chi connectivity index (χ1) is 13.4. The van der Waals surface area contributed by atoms with E-state index in [-0.39, 0.29) is 5.91 Å². The number of aryl methyl sites for hydroxylation is 1. The number of aromatic nitrogens is 1. The number of rotatable bonds is 9. The zero-order valence-corrected chi connectivity index (χ0v) is 17.2. The highest BCUT2D eigenvalue weighted by molar-refractivity contribution is 7.88. The molecule has 0 atom stereocenters. The van der Waals surface area contributed by atoms with Crippen molar-refractivity contribution in [2.24, 2.45) is 0 Å². The molecule has 0 bridgehead atoms. The largest absolute Gasteiger partial charge is 0.352 e. The topological polar surface area (TPSA) is 80.2 Å². The Morgan fingerprint density at radius 1 is 0.964 bits per heavy atom. The van der Waals surface area contributed by atoms with Crippen LogP contribution in [0.5, 0.6) is 0 Å². The Hall–Kier alpha value is -2.38. The smallest absolute Gasteiger partial charge is 0.251 e. The SMILES string of the molecule is CCn1c2ccccc2c2cc(C(=O)NCCCCCNS(C)(=O)=O)ccc21. The molecule has 0 aliphatic carbocycles. The number of amides is 1. The van der Waals surface area contributed by atoms with Crippen molar-refractivity contribution in [3.8, 4) is 0 Å². The Morgan fingerprint density at radius 2 is 1.68 bits per heavy atom. The summed E-state index contributed by atoms with van der Waals surface area (Å²) in [5.41, 5.74) is 2.98. The lowest BCUT2D eigenvalue weighted by Crippen LogP contribution is -2.25. The van der Waals surface area contributed by atoms with Gasteiger partial charge in [-0.1, -0.05) is 24.6 Å². The molecule has 0 aliphatic heterocycles. The maximum atomic E-state index is 12.5. The maximum Gasteiger partial charge on any atom is 0.251 e. The standard InChI is InChI=1S/C21H27N3O3S/c1-3-24-19-10-6-5-9-17(19)18-15-16(11-12-20(18)24)21(25)22-13-7-4-8-14-23-28(2,26)27/h5-6,9-12,15,23H,3-4,7-8,13-14H2,1-2H3,(H,22,25). The van der Waals surface area contributed by atoms with Gasteiger partial charge in [0.25, 0.3) is 5.91 Å². The summed E-state index contributed by atoms with van der Waals surface area (Å²) in [6.07, 6.45) is 3.58. The lowest BCUT2D eigenvalue weighted by molar-refractivity contribution is 0.0953. The average molecular weight is 402 g/mol. The third-order valence-corrected chi connectivity index (χ3v) is 5.58. The molecule has 0 radical (unpaired) electrons. The van der Waals surface area contributed by atoms with Crippen LogP contribution in [0.4, 0.5) is 0 Å². The van der Waals surface area contributed by atoms with Crippen molar-refractivity contribution >= 4 is 37.7 Å². The van der Waals surface area contributed by atoms with E-state index in [1.807, 2.05) is 30.3 Å². The third-order valence-electron chi connectivity index (χ3n) is 4.85. The summed E-state index contributed by atoms with van der Waals surface area (Å²) in [6.45, 7) is 4.01. The van der Waals surface area contributed by atoms with E-state index in [1.54, 1.807) is 0 Å². The molecule has 0 saturated heterocycles. The van der Waals surface area contributed by atoms with Crippen LogP contribution in [0.25, 0.3) is 21.8 Å². The molecule has 0 saturated carbocycles. The monoisotopic (exact) mass is 401 g/mol. The second kappa shape index (κ2) is 8.75. The zero-order chi connectivity index (χ0) is 20.1. The van der Waals surface area contributed by atoms with Crippen molar-refractivity contribution in [1.29, 1.82) is 0 Å². The van der Waals surface area contributed by atoms with Gasteiger partial charge in [-0.05, 0) is 44.0 Å². The van der Waals surface area contributed by atoms with E-state index in [0.717, 1.165) is 48.4 Å². The Morgan fingerprint density at radius 3 is 2.43 bits per heavy atom. The summed E-state index contributed by atoms with van der Waals surface area (Å²) in [6, 6.07) is 14.1. The molecule has 1 heterocycles. The number of carbonyl (C=O) groups excluding carboxylic acids is 1. The van der Waals surface area contributed by atoms with Crippen LogP contribution in [-0.4, -0.2) is 38.2 Å². The van der Waals surface area contributed by atoms with E-state index in [4.69, 9.17) is 0 Å². The van der Waals surface area contributed by atoms with Gasteiger partial charge in [-0.3, -0.25) is 4.79 Å². The fourth-order valence-corrected chi connectivity index (χ4v) is 4.04. The molecule has 28 heavy (non-hydrogen) atoms. The van der Waals surface area contributed by atoms with Crippen LogP contribution in [0.15, 0.2) is 42.5 Å². The molecule has 2 aromatic carbocycles. The highest BCUT2D eigenvalue weighted by Gasteiger charge is 2.12. The van der Waals surface area contributed by atoms with Gasteiger partial charge in [0.05, 0.1) is 6.26 Å². The summed E-state index contributed by atoms with van der Waals surface area (Å²) >= 11 is 0. The summed E-state index contributed by atoms with van der Waals surface area (Å²) < 4.78 is 26.7. The normalized spacial score (nSPS) is 11.9. The number of nitrogens with one attached hydrogen (secondary N) is 2. The molecule has 3 rings (SSSR count). The van der Waals surface area contributed by atoms with Gasteiger partial charge in [0.1, 0.15) is 0 Å². The van der Waals surface area contributed by atoms with Gasteiger partial charge < -0.3 is 9.88 Å². The third kappa shape index (κ3) is 4.72. The Bertz CT molecular complexity index is 1090. The number of para-hydroxylation sites is 1. The van der Waals surface area contributed by atoms with Gasteiger partial charge in [0.2, 0.25) is 10.0 Å². The lowest BCUT2D eigenvalue weighted by atomic mass is 10.1. The number of fused-ring (bicyclic) bond motifs is 3. The van der Waals surface area contributed by atoms with Gasteiger partial charge >= 0.3 is 0 Å². The van der Waals surface area contributed by atoms with Gasteiger partial charge in [-0.2, -0.15) is 0 Å². The number of unbranched alkanes of at least 4 members (excludes halogenated alkanes) is 2. The second-order valence-corrected chi connectivity index (χ2v) is 8.81. The highest BCUT2D eigenvalue weighted by atomic mass is 32.2. The first-order valence-electron chi connectivity index (χ1n) is 9.64. The first-order valence-corrected chi connectivity index (χ1v) is 11.5. The minimum absolute atomic E-state index is 0.0792. The predicted molar refractivity (Wildman–Crippen MR) is 114 cm³/mol. The molecular formula is C21H27N3O3S. The van der Waals surface area contributed by atoms with Gasteiger partial charge in [-0.15, -0.1) is 0 Å². The number of hydrogen-bond acceptors (Lipinski definition) is 3. The number of carbonyl (C=O) groups is 1. The molecule has 7 heteroatoms. The summed E-state index contributed by atoms with van der Waals surface area (Å²) in [5.74, 6) is -0.0792. The lowest BCUT2D eigenvalue weighted by Gasteiger charge is -2.07. The minimum Gasteiger partial charge on any atom is -0.352 e. The average Bonchev–Trinajstić information content (AvgIpc) is 2.99. The van der Waals surface area contributed by atoms with Crippen LogP contribution in [-0.2, 0) is 16.6 Å². The Kier molecular flexibility index (Phi) is 6.36. The fraction of sp³-hybridized carbons (Fsp3) is 0.381. The quantitative estimate of drug-likeness (QED) is 0.540. The van der Waals surface area contributed by atoms with Crippen LogP contribution in [0.2, 0.25) is 0 Å². The molecule has 0 fully saturated rings. The van der Waals surface area contributed by atoms with Crippen molar-refractivity contribution in [3.05, 3.63) is 48.0 Å². The molecule has 6 nitrogen and oxygen atoms in total. The van der Waals surface area contributed by atoms with E-state index >= 15 is 0 Å². The van der Waals surface area contributed by atoms with Gasteiger partial charge in [0.15, 0.2) is 0 Å². The van der Waals surface area contributed by atoms with Crippen LogP contribution >= 0.6 is 0 Å². The molecule has 1 aromatic heterocycles. The summed E-state index contributed by atoms with van der Waals surface area (Å²) in [7, 11) is -3.12. The van der Waals surface area contributed by atoms with E-state index < -0.39 is 10.0 Å². The molecule has 0 spiro atoms. The van der Waals surface area contributed by atoms with Crippen molar-refractivity contribution in [3.63, 3.8) is 0 Å². The van der Waals surface area contributed by atoms with Gasteiger partial charge in [-0.25, -0.2) is 13.1 Å². The highest BCUT2D eigenvalue weighted by Crippen LogP contribution is 2.29. The Labute approximate surface area is 166 Å². The van der Waals surface area contributed by atoms with E-state index in [1.165, 1.54) is 5.52 Å². The molecule has 0 aliphatic rings. The summed E-state index contributed by atoms with van der Waals surface area (Å²) in [5, 5.41) is 5.21. The van der Waals surface area contributed by atoms with Crippen LogP contribution < -0.4 is 10.0 Å². The number of benzene rings is 2. The molecule has 1 amide bonds. The molecule has 2 N–H and O–H groups in total. The van der Waals surface area contributed by atoms with Crippen molar-refractivity contribution in [2.45, 2.75) is 32.7 Å². The Balaban J connectivity index is 1.61. The van der Waals surface area contributed by atoms with Crippen molar-refractivity contribution in [1.82, 2.24) is 14.6 Å². The molecule has 0 unspecified atom stereocenters. The molecular weight excluding hydrogens is 374 g/mol. The predicted octanol–water partition coefficient (Wildman–Crippen LogP) is 3.26.